The molecule has 0 radical (unpaired) electrons. The summed E-state index contributed by atoms with van der Waals surface area (Å²) in [5.41, 5.74) is 0. The zero-order valence-corrected chi connectivity index (χ0v) is 14.6. The Morgan fingerprint density at radius 3 is 2.17 bits per heavy atom. The van der Waals surface area contributed by atoms with Crippen molar-refractivity contribution in [3.8, 4) is 11.5 Å². The van der Waals surface area contributed by atoms with Crippen molar-refractivity contribution in [1.82, 2.24) is 9.97 Å². The largest absolute Gasteiger partial charge is 0.466 e. The molecule has 2 aromatic rings. The van der Waals surface area contributed by atoms with E-state index >= 15 is 0 Å². The second kappa shape index (κ2) is 11.0. The van der Waals surface area contributed by atoms with E-state index in [9.17, 15) is 8.78 Å². The molecule has 126 valence electrons. The second-order valence-electron chi connectivity index (χ2n) is 3.86. The number of pyridine rings is 2. The second-order valence-corrected chi connectivity index (χ2v) is 5.02. The lowest BCUT2D eigenvalue weighted by molar-refractivity contribution is 0.0501. The highest BCUT2D eigenvalue weighted by Crippen LogP contribution is 2.19. The van der Waals surface area contributed by atoms with E-state index in [1.807, 2.05) is 22.6 Å². The summed E-state index contributed by atoms with van der Waals surface area (Å²) in [7, 11) is 3.03. The SMILES string of the molecule is COCOc1ccc(F)nc1.COCOc1cnc(F)cc1I. The molecule has 0 saturated heterocycles. The number of halogens is 3. The maximum Gasteiger partial charge on any atom is 0.214 e. The summed E-state index contributed by atoms with van der Waals surface area (Å²) in [6.45, 7) is 0.288. The molecule has 0 aliphatic heterocycles. The summed E-state index contributed by atoms with van der Waals surface area (Å²) in [5.74, 6) is -0.00830. The van der Waals surface area contributed by atoms with Gasteiger partial charge in [0.1, 0.15) is 5.75 Å². The van der Waals surface area contributed by atoms with Crippen LogP contribution in [0.3, 0.4) is 0 Å². The monoisotopic (exact) mass is 440 g/mol. The van der Waals surface area contributed by atoms with E-state index in [0.717, 1.165) is 0 Å². The van der Waals surface area contributed by atoms with Crippen LogP contribution in [0.2, 0.25) is 0 Å². The fourth-order valence-electron chi connectivity index (χ4n) is 1.20. The van der Waals surface area contributed by atoms with Gasteiger partial charge in [0.2, 0.25) is 11.9 Å². The minimum absolute atomic E-state index is 0.142. The zero-order chi connectivity index (χ0) is 17.1. The third-order valence-corrected chi connectivity index (χ3v) is 3.01. The maximum absolute atomic E-state index is 12.5. The van der Waals surface area contributed by atoms with Crippen molar-refractivity contribution >= 4 is 22.6 Å². The number of nitrogens with zero attached hydrogens (tertiary/aromatic N) is 2. The van der Waals surface area contributed by atoms with Crippen LogP contribution in [0.1, 0.15) is 0 Å². The van der Waals surface area contributed by atoms with Gasteiger partial charge in [-0.2, -0.15) is 8.78 Å². The Morgan fingerprint density at radius 2 is 1.61 bits per heavy atom. The first-order chi connectivity index (χ1) is 11.1. The van der Waals surface area contributed by atoms with E-state index < -0.39 is 11.9 Å². The van der Waals surface area contributed by atoms with E-state index in [2.05, 4.69) is 19.4 Å². The average molecular weight is 440 g/mol. The highest BCUT2D eigenvalue weighted by Gasteiger charge is 2.02. The Hall–Kier alpha value is -1.59. The molecular weight excluding hydrogens is 425 g/mol. The van der Waals surface area contributed by atoms with Crippen LogP contribution in [0, 0.1) is 15.5 Å². The quantitative estimate of drug-likeness (QED) is 0.391. The average Bonchev–Trinajstić information content (AvgIpc) is 2.54. The van der Waals surface area contributed by atoms with Gasteiger partial charge in [0.25, 0.3) is 0 Å². The van der Waals surface area contributed by atoms with Crippen LogP contribution in [0.4, 0.5) is 8.78 Å². The van der Waals surface area contributed by atoms with Gasteiger partial charge in [-0.05, 0) is 34.7 Å². The number of aromatic nitrogens is 2. The molecule has 0 bridgehead atoms. The van der Waals surface area contributed by atoms with Gasteiger partial charge in [0.05, 0.1) is 16.0 Å². The Kier molecular flexibility index (Phi) is 9.33. The predicted octanol–water partition coefficient (Wildman–Crippen LogP) is 3.01. The molecule has 0 saturated carbocycles. The fourth-order valence-corrected chi connectivity index (χ4v) is 1.75. The molecule has 2 heterocycles. The molecule has 2 rings (SSSR count). The first kappa shape index (κ1) is 19.5. The van der Waals surface area contributed by atoms with Gasteiger partial charge in [-0.15, -0.1) is 0 Å². The van der Waals surface area contributed by atoms with E-state index in [0.29, 0.717) is 15.1 Å². The summed E-state index contributed by atoms with van der Waals surface area (Å²) >= 11 is 1.97. The van der Waals surface area contributed by atoms with Gasteiger partial charge in [0.15, 0.2) is 19.3 Å². The van der Waals surface area contributed by atoms with Crippen LogP contribution in [0.25, 0.3) is 0 Å². The Balaban J connectivity index is 0.000000231. The van der Waals surface area contributed by atoms with Crippen molar-refractivity contribution in [2.45, 2.75) is 0 Å². The van der Waals surface area contributed by atoms with Gasteiger partial charge in [-0.25, -0.2) is 9.97 Å². The third kappa shape index (κ3) is 8.00. The van der Waals surface area contributed by atoms with Crippen LogP contribution in [0.15, 0.2) is 30.6 Å². The molecule has 0 aliphatic carbocycles. The van der Waals surface area contributed by atoms with Gasteiger partial charge < -0.3 is 18.9 Å². The topological polar surface area (TPSA) is 62.7 Å². The van der Waals surface area contributed by atoms with Gasteiger partial charge in [-0.1, -0.05) is 0 Å². The lowest BCUT2D eigenvalue weighted by atomic mass is 10.5. The molecule has 0 aromatic carbocycles. The molecule has 0 spiro atoms. The van der Waals surface area contributed by atoms with Gasteiger partial charge >= 0.3 is 0 Å². The minimum atomic E-state index is -0.519. The molecule has 0 aliphatic rings. The smallest absolute Gasteiger partial charge is 0.214 e. The van der Waals surface area contributed by atoms with E-state index in [1.165, 1.54) is 44.8 Å². The Bertz CT molecular complexity index is 587. The van der Waals surface area contributed by atoms with Crippen LogP contribution in [-0.2, 0) is 9.47 Å². The van der Waals surface area contributed by atoms with Crippen LogP contribution in [0.5, 0.6) is 11.5 Å². The van der Waals surface area contributed by atoms with Crippen LogP contribution in [-0.4, -0.2) is 37.8 Å². The van der Waals surface area contributed by atoms with Crippen molar-refractivity contribution in [3.05, 3.63) is 46.1 Å². The molecule has 0 amide bonds. The minimum Gasteiger partial charge on any atom is -0.466 e. The Morgan fingerprint density at radius 1 is 0.957 bits per heavy atom. The van der Waals surface area contributed by atoms with Crippen molar-refractivity contribution < 1.29 is 27.7 Å². The number of methoxy groups -OCH3 is 2. The summed E-state index contributed by atoms with van der Waals surface area (Å²) in [5, 5.41) is 0. The molecule has 23 heavy (non-hydrogen) atoms. The molecule has 0 N–H and O–H groups in total. The number of rotatable bonds is 6. The first-order valence-electron chi connectivity index (χ1n) is 6.23. The zero-order valence-electron chi connectivity index (χ0n) is 12.5. The van der Waals surface area contributed by atoms with Crippen LogP contribution < -0.4 is 9.47 Å². The molecule has 2 aromatic heterocycles. The van der Waals surface area contributed by atoms with Crippen molar-refractivity contribution in [3.63, 3.8) is 0 Å². The number of hydrogen-bond acceptors (Lipinski definition) is 6. The normalized spacial score (nSPS) is 9.78. The molecule has 0 fully saturated rings. The third-order valence-electron chi connectivity index (χ3n) is 2.16. The Labute approximate surface area is 145 Å². The number of hydrogen-bond donors (Lipinski definition) is 0. The van der Waals surface area contributed by atoms with Gasteiger partial charge in [0, 0.05) is 20.3 Å². The van der Waals surface area contributed by atoms with Crippen molar-refractivity contribution in [2.24, 2.45) is 0 Å². The molecule has 9 heteroatoms. The lowest BCUT2D eigenvalue weighted by Gasteiger charge is -2.05. The van der Waals surface area contributed by atoms with E-state index in [-0.39, 0.29) is 13.6 Å². The predicted molar refractivity (Wildman–Crippen MR) is 86.1 cm³/mol. The first-order valence-corrected chi connectivity index (χ1v) is 7.30. The summed E-state index contributed by atoms with van der Waals surface area (Å²) < 4.78 is 44.7. The standard InChI is InChI=1S/C7H7FINO2.C7H8FNO2/c1-11-4-12-6-3-10-7(8)2-5(6)9;1-10-5-11-6-2-3-7(8)9-4-6/h2-3H,4H2,1H3;2-4H,5H2,1H3. The molecule has 6 nitrogen and oxygen atoms in total. The van der Waals surface area contributed by atoms with Crippen molar-refractivity contribution in [1.29, 1.82) is 0 Å². The van der Waals surface area contributed by atoms with Gasteiger partial charge in [-0.3, -0.25) is 0 Å². The number of ether oxygens (including phenoxy) is 4. The molecular formula is C14H15F2IN2O4. The molecule has 0 atom stereocenters. The molecule has 0 unspecified atom stereocenters. The maximum atomic E-state index is 12.5. The van der Waals surface area contributed by atoms with E-state index in [1.54, 1.807) is 0 Å². The van der Waals surface area contributed by atoms with E-state index in [4.69, 9.17) is 9.47 Å². The summed E-state index contributed by atoms with van der Waals surface area (Å²) in [4.78, 5) is 6.83. The fraction of sp³-hybridized carbons (Fsp3) is 0.286. The van der Waals surface area contributed by atoms with Crippen molar-refractivity contribution in [2.75, 3.05) is 27.8 Å². The summed E-state index contributed by atoms with van der Waals surface area (Å²) in [6, 6.07) is 4.01. The van der Waals surface area contributed by atoms with Crippen LogP contribution >= 0.6 is 22.6 Å². The lowest BCUT2D eigenvalue weighted by Crippen LogP contribution is -2.01. The summed E-state index contributed by atoms with van der Waals surface area (Å²) in [6.07, 6.45) is 2.63. The highest BCUT2D eigenvalue weighted by atomic mass is 127. The highest BCUT2D eigenvalue weighted by molar-refractivity contribution is 14.1.